The van der Waals surface area contributed by atoms with E-state index in [0.717, 1.165) is 19.0 Å². The van der Waals surface area contributed by atoms with Crippen LogP contribution in [0.5, 0.6) is 0 Å². The summed E-state index contributed by atoms with van der Waals surface area (Å²) in [5.41, 5.74) is 2.13. The van der Waals surface area contributed by atoms with E-state index >= 15 is 0 Å². The van der Waals surface area contributed by atoms with Crippen LogP contribution in [0.2, 0.25) is 0 Å². The van der Waals surface area contributed by atoms with Gasteiger partial charge in [-0.1, -0.05) is 20.8 Å². The lowest BCUT2D eigenvalue weighted by molar-refractivity contribution is 0.0265. The smallest absolute Gasteiger partial charge is 0.225 e. The molecule has 1 spiro atoms. The minimum absolute atomic E-state index is 0.120. The molecule has 2 aliphatic heterocycles. The molecule has 1 aromatic heterocycles. The van der Waals surface area contributed by atoms with Gasteiger partial charge in [-0.05, 0) is 57.7 Å². The fourth-order valence-corrected chi connectivity index (χ4v) is 3.74. The van der Waals surface area contributed by atoms with E-state index in [-0.39, 0.29) is 5.41 Å². The van der Waals surface area contributed by atoms with Crippen molar-refractivity contribution < 1.29 is 0 Å². The molecule has 0 amide bonds. The minimum atomic E-state index is 0.120. The third kappa shape index (κ3) is 3.37. The third-order valence-electron chi connectivity index (χ3n) is 5.61. The average Bonchev–Trinajstić information content (AvgIpc) is 2.43. The maximum absolute atomic E-state index is 4.60. The first-order chi connectivity index (χ1) is 10.6. The highest BCUT2D eigenvalue weighted by molar-refractivity contribution is 5.37. The lowest BCUT2D eigenvalue weighted by atomic mass is 9.71. The van der Waals surface area contributed by atoms with Gasteiger partial charge in [0.15, 0.2) is 0 Å². The Balaban J connectivity index is 1.57. The number of piperidine rings is 1. The Morgan fingerprint density at radius 3 is 1.87 bits per heavy atom. The summed E-state index contributed by atoms with van der Waals surface area (Å²) in [6.45, 7) is 18.3. The first kappa shape index (κ1) is 16.7. The van der Waals surface area contributed by atoms with Crippen molar-refractivity contribution in [1.29, 1.82) is 0 Å². The van der Waals surface area contributed by atoms with Crippen molar-refractivity contribution in [2.24, 2.45) is 5.41 Å². The Labute approximate surface area is 141 Å². The Hall–Kier alpha value is -1.16. The molecule has 3 rings (SSSR count). The summed E-state index contributed by atoms with van der Waals surface area (Å²) in [6, 6.07) is 0. The number of nitrogens with zero attached hydrogens (tertiary/aromatic N) is 4. The van der Waals surface area contributed by atoms with Crippen molar-refractivity contribution in [2.75, 3.05) is 31.1 Å². The predicted molar refractivity (Wildman–Crippen MR) is 95.9 cm³/mol. The van der Waals surface area contributed by atoms with Gasteiger partial charge in [-0.25, -0.2) is 9.97 Å². The second kappa shape index (κ2) is 5.44. The van der Waals surface area contributed by atoms with Crippen LogP contribution in [0.25, 0.3) is 0 Å². The van der Waals surface area contributed by atoms with Crippen LogP contribution in [0.4, 0.5) is 5.95 Å². The summed E-state index contributed by atoms with van der Waals surface area (Å²) in [4.78, 5) is 14.2. The van der Waals surface area contributed by atoms with Crippen molar-refractivity contribution in [2.45, 2.75) is 65.3 Å². The fraction of sp³-hybridized carbons (Fsp3) is 0.789. The molecule has 23 heavy (non-hydrogen) atoms. The summed E-state index contributed by atoms with van der Waals surface area (Å²) in [5.74, 6) is 0.905. The largest absolute Gasteiger partial charge is 0.340 e. The average molecular weight is 316 g/mol. The number of aromatic nitrogens is 2. The van der Waals surface area contributed by atoms with Gasteiger partial charge in [0.2, 0.25) is 5.95 Å². The summed E-state index contributed by atoms with van der Waals surface area (Å²) >= 11 is 0. The van der Waals surface area contributed by atoms with Gasteiger partial charge in [0, 0.05) is 36.4 Å². The molecule has 4 heteroatoms. The minimum Gasteiger partial charge on any atom is -0.340 e. The molecule has 0 atom stereocenters. The van der Waals surface area contributed by atoms with Crippen LogP contribution >= 0.6 is 0 Å². The maximum atomic E-state index is 4.60. The maximum Gasteiger partial charge on any atom is 0.225 e. The van der Waals surface area contributed by atoms with Crippen LogP contribution in [-0.2, 0) is 5.41 Å². The molecule has 0 aliphatic carbocycles. The van der Waals surface area contributed by atoms with Gasteiger partial charge >= 0.3 is 0 Å². The van der Waals surface area contributed by atoms with E-state index in [9.17, 15) is 0 Å². The zero-order chi connectivity index (χ0) is 16.9. The van der Waals surface area contributed by atoms with Crippen LogP contribution < -0.4 is 4.90 Å². The Morgan fingerprint density at radius 2 is 1.43 bits per heavy atom. The first-order valence-corrected chi connectivity index (χ1v) is 8.92. The zero-order valence-corrected chi connectivity index (χ0v) is 15.7. The van der Waals surface area contributed by atoms with Crippen molar-refractivity contribution >= 4 is 5.95 Å². The van der Waals surface area contributed by atoms with Crippen molar-refractivity contribution in [3.05, 3.63) is 18.0 Å². The van der Waals surface area contributed by atoms with E-state index in [1.165, 1.54) is 31.5 Å². The van der Waals surface area contributed by atoms with Crippen molar-refractivity contribution in [3.63, 3.8) is 0 Å². The van der Waals surface area contributed by atoms with E-state index in [2.05, 4.69) is 61.3 Å². The van der Waals surface area contributed by atoms with E-state index < -0.39 is 0 Å². The van der Waals surface area contributed by atoms with Crippen LogP contribution in [0, 0.1) is 5.41 Å². The van der Waals surface area contributed by atoms with Gasteiger partial charge in [-0.2, -0.15) is 0 Å². The quantitative estimate of drug-likeness (QED) is 0.794. The van der Waals surface area contributed by atoms with Gasteiger partial charge < -0.3 is 4.90 Å². The summed E-state index contributed by atoms with van der Waals surface area (Å²) in [7, 11) is 0. The van der Waals surface area contributed by atoms with E-state index in [1.807, 2.05) is 12.4 Å². The number of likely N-dealkylation sites (tertiary alicyclic amines) is 1. The third-order valence-corrected chi connectivity index (χ3v) is 5.61. The van der Waals surface area contributed by atoms with Gasteiger partial charge in [-0.15, -0.1) is 0 Å². The molecule has 0 N–H and O–H groups in total. The highest BCUT2D eigenvalue weighted by atomic mass is 15.3. The Morgan fingerprint density at radius 1 is 0.913 bits per heavy atom. The fourth-order valence-electron chi connectivity index (χ4n) is 3.74. The summed E-state index contributed by atoms with van der Waals surface area (Å²) < 4.78 is 0. The normalized spacial score (nSPS) is 22.3. The molecule has 0 unspecified atom stereocenters. The molecule has 2 fully saturated rings. The molecular formula is C19H32N4. The van der Waals surface area contributed by atoms with Gasteiger partial charge in [-0.3, -0.25) is 4.90 Å². The molecule has 0 saturated carbocycles. The molecular weight excluding hydrogens is 284 g/mol. The molecule has 0 bridgehead atoms. The van der Waals surface area contributed by atoms with E-state index in [0.29, 0.717) is 11.0 Å². The van der Waals surface area contributed by atoms with Crippen molar-refractivity contribution in [1.82, 2.24) is 14.9 Å². The SMILES string of the molecule is CC(C)(C)c1cnc(N2CC3(CCN(C(C)(C)C)CC3)C2)nc1. The van der Waals surface area contributed by atoms with E-state index in [1.54, 1.807) is 0 Å². The predicted octanol–water partition coefficient (Wildman–Crippen LogP) is 3.47. The highest BCUT2D eigenvalue weighted by Gasteiger charge is 2.46. The Bertz CT molecular complexity index is 534. The number of anilines is 1. The zero-order valence-electron chi connectivity index (χ0n) is 15.7. The van der Waals surface area contributed by atoms with Crippen LogP contribution in [0.3, 0.4) is 0 Å². The lowest BCUT2D eigenvalue weighted by Crippen LogP contribution is -2.62. The summed E-state index contributed by atoms with van der Waals surface area (Å²) in [5, 5.41) is 0. The lowest BCUT2D eigenvalue weighted by Gasteiger charge is -2.55. The molecule has 2 saturated heterocycles. The van der Waals surface area contributed by atoms with Gasteiger partial charge in [0.25, 0.3) is 0 Å². The standard InChI is InChI=1S/C19H32N4/c1-17(2,3)15-11-20-16(21-12-15)22-13-19(14-22)7-9-23(10-8-19)18(4,5)6/h11-12H,7-10,13-14H2,1-6H3. The Kier molecular flexibility index (Phi) is 3.95. The molecule has 2 aliphatic rings. The molecule has 4 nitrogen and oxygen atoms in total. The number of hydrogen-bond acceptors (Lipinski definition) is 4. The topological polar surface area (TPSA) is 32.3 Å². The van der Waals surface area contributed by atoms with Gasteiger partial charge in [0.1, 0.15) is 0 Å². The number of hydrogen-bond donors (Lipinski definition) is 0. The molecule has 1 aromatic rings. The van der Waals surface area contributed by atoms with Crippen LogP contribution in [0.1, 0.15) is 59.9 Å². The van der Waals surface area contributed by atoms with Crippen LogP contribution in [-0.4, -0.2) is 46.6 Å². The molecule has 3 heterocycles. The first-order valence-electron chi connectivity index (χ1n) is 8.92. The van der Waals surface area contributed by atoms with Crippen molar-refractivity contribution in [3.8, 4) is 0 Å². The second-order valence-electron chi connectivity index (χ2n) is 9.54. The summed E-state index contributed by atoms with van der Waals surface area (Å²) in [6.07, 6.45) is 6.60. The monoisotopic (exact) mass is 316 g/mol. The van der Waals surface area contributed by atoms with E-state index in [4.69, 9.17) is 0 Å². The highest BCUT2D eigenvalue weighted by Crippen LogP contribution is 2.42. The second-order valence-corrected chi connectivity index (χ2v) is 9.54. The molecule has 128 valence electrons. The van der Waals surface area contributed by atoms with Gasteiger partial charge in [0.05, 0.1) is 0 Å². The molecule has 0 aromatic carbocycles. The molecule has 0 radical (unpaired) electrons. The number of rotatable bonds is 1. The van der Waals surface area contributed by atoms with Crippen LogP contribution in [0.15, 0.2) is 12.4 Å².